The van der Waals surface area contributed by atoms with Gasteiger partial charge in [-0.2, -0.15) is 0 Å². The van der Waals surface area contributed by atoms with Crippen molar-refractivity contribution in [2.75, 3.05) is 11.1 Å². The number of benzene rings is 1. The fourth-order valence-electron chi connectivity index (χ4n) is 1.37. The number of anilines is 2. The monoisotopic (exact) mass is 218 g/mol. The molecule has 3 N–H and O–H groups in total. The van der Waals surface area contributed by atoms with Crippen LogP contribution in [-0.2, 0) is 6.54 Å². The van der Waals surface area contributed by atoms with Crippen LogP contribution in [0.5, 0.6) is 0 Å². The van der Waals surface area contributed by atoms with E-state index in [1.54, 1.807) is 11.3 Å². The van der Waals surface area contributed by atoms with E-state index in [-0.39, 0.29) is 0 Å². The van der Waals surface area contributed by atoms with Crippen molar-refractivity contribution in [3.8, 4) is 0 Å². The summed E-state index contributed by atoms with van der Waals surface area (Å²) >= 11 is 1.78. The van der Waals surface area contributed by atoms with E-state index in [9.17, 15) is 0 Å². The minimum Gasteiger partial charge on any atom is -0.399 e. The summed E-state index contributed by atoms with van der Waals surface area (Å²) in [6, 6.07) is 9.95. The van der Waals surface area contributed by atoms with Crippen LogP contribution < -0.4 is 11.1 Å². The molecule has 78 valence electrons. The summed E-state index contributed by atoms with van der Waals surface area (Å²) in [5.41, 5.74) is 8.87. The molecule has 0 bridgehead atoms. The molecule has 0 spiro atoms. The molecular weight excluding hydrogens is 204 g/mol. The summed E-state index contributed by atoms with van der Waals surface area (Å²) < 4.78 is 0. The van der Waals surface area contributed by atoms with Crippen LogP contribution in [0.1, 0.15) is 10.4 Å². The van der Waals surface area contributed by atoms with Crippen LogP contribution in [-0.4, -0.2) is 0 Å². The second-order valence-corrected chi connectivity index (χ2v) is 4.50. The molecule has 0 aliphatic carbocycles. The van der Waals surface area contributed by atoms with Gasteiger partial charge in [0.15, 0.2) is 0 Å². The van der Waals surface area contributed by atoms with Crippen molar-refractivity contribution in [2.45, 2.75) is 13.5 Å². The molecule has 0 radical (unpaired) electrons. The fourth-order valence-corrected chi connectivity index (χ4v) is 2.21. The maximum Gasteiger partial charge on any atom is 0.0496 e. The van der Waals surface area contributed by atoms with Gasteiger partial charge in [-0.05, 0) is 48.2 Å². The van der Waals surface area contributed by atoms with Crippen LogP contribution >= 0.6 is 11.3 Å². The van der Waals surface area contributed by atoms with Gasteiger partial charge in [-0.15, -0.1) is 11.3 Å². The summed E-state index contributed by atoms with van der Waals surface area (Å²) in [6.45, 7) is 3.02. The molecule has 0 atom stereocenters. The molecule has 15 heavy (non-hydrogen) atoms. The van der Waals surface area contributed by atoms with E-state index >= 15 is 0 Å². The predicted molar refractivity (Wildman–Crippen MR) is 67.2 cm³/mol. The zero-order chi connectivity index (χ0) is 10.7. The molecule has 1 heterocycles. The van der Waals surface area contributed by atoms with Crippen LogP contribution in [0, 0.1) is 6.92 Å². The Bertz CT molecular complexity index is 431. The van der Waals surface area contributed by atoms with E-state index in [2.05, 4.69) is 23.7 Å². The quantitative estimate of drug-likeness (QED) is 0.776. The van der Waals surface area contributed by atoms with Gasteiger partial charge < -0.3 is 11.1 Å². The standard InChI is InChI=1S/C12H14N2S/c1-9-6-7-15-12(9)8-14-11-4-2-10(13)3-5-11/h2-7,14H,8,13H2,1H3. The van der Waals surface area contributed by atoms with Crippen LogP contribution in [0.25, 0.3) is 0 Å². The Morgan fingerprint density at radius 3 is 2.53 bits per heavy atom. The zero-order valence-electron chi connectivity index (χ0n) is 8.66. The molecule has 1 aromatic heterocycles. The van der Waals surface area contributed by atoms with Crippen LogP contribution in [0.2, 0.25) is 0 Å². The number of nitrogen functional groups attached to an aromatic ring is 1. The van der Waals surface area contributed by atoms with E-state index in [1.807, 2.05) is 24.3 Å². The summed E-state index contributed by atoms with van der Waals surface area (Å²) in [6.07, 6.45) is 0. The highest BCUT2D eigenvalue weighted by molar-refractivity contribution is 7.10. The number of nitrogens with two attached hydrogens (primary N) is 1. The summed E-state index contributed by atoms with van der Waals surface area (Å²) in [4.78, 5) is 1.38. The molecular formula is C12H14N2S. The Morgan fingerprint density at radius 2 is 1.93 bits per heavy atom. The van der Waals surface area contributed by atoms with Crippen molar-refractivity contribution >= 4 is 22.7 Å². The minimum absolute atomic E-state index is 0.799. The van der Waals surface area contributed by atoms with E-state index in [0.29, 0.717) is 0 Å². The van der Waals surface area contributed by atoms with Gasteiger partial charge in [0.2, 0.25) is 0 Å². The van der Waals surface area contributed by atoms with Gasteiger partial charge in [-0.25, -0.2) is 0 Å². The molecule has 1 aromatic carbocycles. The first-order chi connectivity index (χ1) is 7.25. The lowest BCUT2D eigenvalue weighted by atomic mass is 10.2. The Morgan fingerprint density at radius 1 is 1.20 bits per heavy atom. The summed E-state index contributed by atoms with van der Waals surface area (Å²) in [7, 11) is 0. The molecule has 0 unspecified atom stereocenters. The first kappa shape index (κ1) is 10.1. The lowest BCUT2D eigenvalue weighted by Crippen LogP contribution is -1.98. The first-order valence-electron chi connectivity index (χ1n) is 4.88. The van der Waals surface area contributed by atoms with Gasteiger partial charge in [-0.1, -0.05) is 0 Å². The number of thiophene rings is 1. The normalized spacial score (nSPS) is 10.2. The summed E-state index contributed by atoms with van der Waals surface area (Å²) in [5.74, 6) is 0. The van der Waals surface area contributed by atoms with E-state index in [4.69, 9.17) is 5.73 Å². The van der Waals surface area contributed by atoms with Gasteiger partial charge in [0.25, 0.3) is 0 Å². The molecule has 2 aromatic rings. The van der Waals surface area contributed by atoms with Gasteiger partial charge in [0, 0.05) is 22.8 Å². The molecule has 3 heteroatoms. The Kier molecular flexibility index (Phi) is 2.92. The molecule has 0 aliphatic heterocycles. The molecule has 0 saturated heterocycles. The average molecular weight is 218 g/mol. The van der Waals surface area contributed by atoms with E-state index in [1.165, 1.54) is 10.4 Å². The number of nitrogens with one attached hydrogen (secondary N) is 1. The molecule has 0 fully saturated rings. The van der Waals surface area contributed by atoms with Gasteiger partial charge in [0.05, 0.1) is 0 Å². The maximum atomic E-state index is 5.62. The predicted octanol–water partition coefficient (Wildman–Crippen LogP) is 3.25. The fraction of sp³-hybridized carbons (Fsp3) is 0.167. The molecule has 2 rings (SSSR count). The largest absolute Gasteiger partial charge is 0.399 e. The number of aryl methyl sites for hydroxylation is 1. The highest BCUT2D eigenvalue weighted by Gasteiger charge is 1.98. The molecule has 0 aliphatic rings. The van der Waals surface area contributed by atoms with Gasteiger partial charge in [0.1, 0.15) is 0 Å². The van der Waals surface area contributed by atoms with Crippen molar-refractivity contribution in [3.63, 3.8) is 0 Å². The van der Waals surface area contributed by atoms with Gasteiger partial charge in [-0.3, -0.25) is 0 Å². The van der Waals surface area contributed by atoms with Gasteiger partial charge >= 0.3 is 0 Å². The van der Waals surface area contributed by atoms with Crippen LogP contribution in [0.15, 0.2) is 35.7 Å². The number of rotatable bonds is 3. The lowest BCUT2D eigenvalue weighted by molar-refractivity contribution is 1.17. The third-order valence-electron chi connectivity index (χ3n) is 2.33. The second-order valence-electron chi connectivity index (χ2n) is 3.50. The van der Waals surface area contributed by atoms with Crippen molar-refractivity contribution in [1.82, 2.24) is 0 Å². The van der Waals surface area contributed by atoms with Crippen molar-refractivity contribution in [3.05, 3.63) is 46.2 Å². The number of hydrogen-bond acceptors (Lipinski definition) is 3. The molecule has 0 amide bonds. The van der Waals surface area contributed by atoms with E-state index < -0.39 is 0 Å². The smallest absolute Gasteiger partial charge is 0.0496 e. The topological polar surface area (TPSA) is 38.0 Å². The maximum absolute atomic E-state index is 5.62. The molecule has 2 nitrogen and oxygen atoms in total. The Labute approximate surface area is 93.7 Å². The lowest BCUT2D eigenvalue weighted by Gasteiger charge is -2.05. The first-order valence-corrected chi connectivity index (χ1v) is 5.76. The summed E-state index contributed by atoms with van der Waals surface area (Å²) in [5, 5.41) is 5.49. The van der Waals surface area contributed by atoms with E-state index in [0.717, 1.165) is 17.9 Å². The average Bonchev–Trinajstić information content (AvgIpc) is 2.63. The highest BCUT2D eigenvalue weighted by atomic mass is 32.1. The van der Waals surface area contributed by atoms with Crippen molar-refractivity contribution in [1.29, 1.82) is 0 Å². The molecule has 0 saturated carbocycles. The van der Waals surface area contributed by atoms with Crippen molar-refractivity contribution < 1.29 is 0 Å². The second kappa shape index (κ2) is 4.36. The van der Waals surface area contributed by atoms with Crippen LogP contribution in [0.4, 0.5) is 11.4 Å². The van der Waals surface area contributed by atoms with Crippen LogP contribution in [0.3, 0.4) is 0 Å². The third kappa shape index (κ3) is 2.50. The number of hydrogen-bond donors (Lipinski definition) is 2. The SMILES string of the molecule is Cc1ccsc1CNc1ccc(N)cc1. The minimum atomic E-state index is 0.799. The Balaban J connectivity index is 1.99. The zero-order valence-corrected chi connectivity index (χ0v) is 9.47. The highest BCUT2D eigenvalue weighted by Crippen LogP contribution is 2.18. The Hall–Kier alpha value is -1.48. The third-order valence-corrected chi connectivity index (χ3v) is 3.35. The van der Waals surface area contributed by atoms with Crippen molar-refractivity contribution in [2.24, 2.45) is 0 Å².